The molecule has 0 aromatic heterocycles. The van der Waals surface area contributed by atoms with E-state index in [1.807, 2.05) is 42.3 Å². The molecule has 1 aliphatic heterocycles. The Morgan fingerprint density at radius 1 is 1.12 bits per heavy atom. The highest BCUT2D eigenvalue weighted by molar-refractivity contribution is 5.96. The van der Waals surface area contributed by atoms with Crippen molar-refractivity contribution in [2.45, 2.75) is 92.1 Å². The molecule has 8 atom stereocenters. The second-order valence-electron chi connectivity index (χ2n) is 15.9. The van der Waals surface area contributed by atoms with Gasteiger partial charge in [-0.3, -0.25) is 14.4 Å². The topological polar surface area (TPSA) is 106 Å². The first-order chi connectivity index (χ1) is 22.6. The number of aliphatic hydroxyl groups is 1. The molecule has 0 unspecified atom stereocenters. The van der Waals surface area contributed by atoms with Crippen LogP contribution >= 0.6 is 0 Å². The van der Waals surface area contributed by atoms with E-state index in [1.54, 1.807) is 14.0 Å². The largest absolute Gasteiger partial charge is 0.393 e. The summed E-state index contributed by atoms with van der Waals surface area (Å²) in [6, 6.07) is 11.6. The monoisotopic (exact) mass is 661 g/mol. The zero-order valence-electron chi connectivity index (χ0n) is 30.8. The number of hydrogen-bond acceptors (Lipinski definition) is 7. The fraction of sp³-hybridized carbons (Fsp3) is 0.641. The highest BCUT2D eigenvalue weighted by atomic mass is 16.7. The number of fused-ring (bicyclic) bond motifs is 2. The van der Waals surface area contributed by atoms with Crippen LogP contribution in [0.5, 0.6) is 0 Å². The molecule has 1 saturated heterocycles. The Kier molecular flexibility index (Phi) is 10.9. The van der Waals surface area contributed by atoms with Crippen molar-refractivity contribution in [1.82, 2.24) is 21.0 Å². The van der Waals surface area contributed by atoms with Crippen LogP contribution in [0.4, 0.5) is 5.69 Å². The predicted octanol–water partition coefficient (Wildman–Crippen LogP) is 5.00. The van der Waals surface area contributed by atoms with E-state index in [0.717, 1.165) is 40.9 Å². The third kappa shape index (κ3) is 7.16. The molecule has 3 saturated carbocycles. The molecule has 4 fully saturated rings. The fourth-order valence-electron chi connectivity index (χ4n) is 8.65. The molecule has 3 aliphatic carbocycles. The quantitative estimate of drug-likeness (QED) is 0.254. The molecule has 2 bridgehead atoms. The molecule has 1 heterocycles. The van der Waals surface area contributed by atoms with Crippen LogP contribution in [0, 0.1) is 41.9 Å². The van der Waals surface area contributed by atoms with E-state index >= 15 is 0 Å². The van der Waals surface area contributed by atoms with Gasteiger partial charge in [0.25, 0.3) is 5.91 Å². The van der Waals surface area contributed by atoms with Gasteiger partial charge in [-0.05, 0) is 103 Å². The Balaban J connectivity index is 1.45. The summed E-state index contributed by atoms with van der Waals surface area (Å²) in [7, 11) is 5.58. The summed E-state index contributed by atoms with van der Waals surface area (Å²) in [6.45, 7) is 17.0. The van der Waals surface area contributed by atoms with E-state index < -0.39 is 18.1 Å². The second kappa shape index (κ2) is 14.5. The smallest absolute Gasteiger partial charge is 0.251 e. The Bertz CT molecular complexity index is 1470. The first kappa shape index (κ1) is 36.3. The van der Waals surface area contributed by atoms with Gasteiger partial charge in [-0.1, -0.05) is 52.8 Å². The minimum absolute atomic E-state index is 0.0640. The van der Waals surface area contributed by atoms with Crippen molar-refractivity contribution in [3.05, 3.63) is 53.1 Å². The number of amides is 2. The highest BCUT2D eigenvalue weighted by Gasteiger charge is 2.57. The maximum absolute atomic E-state index is 14.4. The van der Waals surface area contributed by atoms with E-state index in [-0.39, 0.29) is 24.0 Å². The summed E-state index contributed by atoms with van der Waals surface area (Å²) in [5, 5.41) is 22.7. The zero-order valence-corrected chi connectivity index (χ0v) is 30.8. The lowest BCUT2D eigenvalue weighted by atomic mass is 9.45. The summed E-state index contributed by atoms with van der Waals surface area (Å²) >= 11 is 0. The standard InChI is InChI=1S/C39H59N5O4/c1-22(2)19-41-20-34-35(25(5)45)36(38(47)42-33-18-29-17-32(24(33)4)39(29,6)7)44(48-34)21-26-12-11-13-31(23(26)3)27-14-28(37(46)40-8)16-30(15-27)43(9)10/h11-16,22,24-25,29,32-36,41,45H,17-21H2,1-10H3,(H,40,46)(H,42,47)/t24-,25-,29-,32+,33-,34-,35+,36-/m0/s1. The Morgan fingerprint density at radius 3 is 2.46 bits per heavy atom. The van der Waals surface area contributed by atoms with E-state index in [9.17, 15) is 14.7 Å². The van der Waals surface area contributed by atoms with Crippen molar-refractivity contribution in [2.24, 2.45) is 35.0 Å². The van der Waals surface area contributed by atoms with Gasteiger partial charge in [-0.15, -0.1) is 0 Å². The molecular formula is C39H59N5O4. The Hall–Kier alpha value is -2.98. The Labute approximate surface area is 288 Å². The van der Waals surface area contributed by atoms with Crippen molar-refractivity contribution < 1.29 is 19.5 Å². The van der Waals surface area contributed by atoms with Gasteiger partial charge in [0.15, 0.2) is 0 Å². The van der Waals surface area contributed by atoms with Gasteiger partial charge < -0.3 is 26.0 Å². The van der Waals surface area contributed by atoms with E-state index in [0.29, 0.717) is 47.7 Å². The number of aliphatic hydroxyl groups excluding tert-OH is 1. The SMILES string of the molecule is CNC(=O)c1cc(-c2cccc(CN3O[C@@H](CNCC(C)C)[C@@H]([C@H](C)O)[C@H]3C(=O)N[C@H]3C[C@@H]4C[C@H]([C@@H]3C)C4(C)C)c2C)cc(N(C)C)c1. The molecule has 9 nitrogen and oxygen atoms in total. The molecule has 2 aromatic rings. The number of carbonyl (C=O) groups excluding carboxylic acids is 2. The number of nitrogens with zero attached hydrogens (tertiary/aromatic N) is 2. The third-order valence-corrected chi connectivity index (χ3v) is 11.8. The van der Waals surface area contributed by atoms with Crippen molar-refractivity contribution in [3.8, 4) is 11.1 Å². The average molecular weight is 662 g/mol. The highest BCUT2D eigenvalue weighted by Crippen LogP contribution is 2.61. The second-order valence-corrected chi connectivity index (χ2v) is 15.9. The number of hydrogen-bond donors (Lipinski definition) is 4. The Morgan fingerprint density at radius 2 is 1.85 bits per heavy atom. The number of hydroxylamine groups is 2. The number of nitrogens with one attached hydrogen (secondary N) is 3. The summed E-state index contributed by atoms with van der Waals surface area (Å²) in [4.78, 5) is 35.7. The van der Waals surface area contributed by atoms with Crippen LogP contribution in [-0.4, -0.2) is 80.5 Å². The molecule has 9 heteroatoms. The van der Waals surface area contributed by atoms with E-state index in [1.165, 1.54) is 6.42 Å². The first-order valence-electron chi connectivity index (χ1n) is 17.9. The fourth-order valence-corrected chi connectivity index (χ4v) is 8.65. The van der Waals surface area contributed by atoms with Crippen LogP contribution in [0.15, 0.2) is 36.4 Å². The molecule has 4 N–H and O–H groups in total. The van der Waals surface area contributed by atoms with Crippen LogP contribution in [0.3, 0.4) is 0 Å². The van der Waals surface area contributed by atoms with E-state index in [4.69, 9.17) is 4.84 Å². The van der Waals surface area contributed by atoms with Gasteiger partial charge in [-0.25, -0.2) is 0 Å². The van der Waals surface area contributed by atoms with Gasteiger partial charge in [0.05, 0.1) is 18.8 Å². The molecule has 4 aliphatic rings. The summed E-state index contributed by atoms with van der Waals surface area (Å²) in [5.74, 6) is 1.50. The van der Waals surface area contributed by atoms with Crippen LogP contribution in [0.2, 0.25) is 0 Å². The lowest BCUT2D eigenvalue weighted by Crippen LogP contribution is -2.62. The number of anilines is 1. The number of rotatable bonds is 12. The minimum atomic E-state index is -0.739. The van der Waals surface area contributed by atoms with Gasteiger partial charge >= 0.3 is 0 Å². The minimum Gasteiger partial charge on any atom is -0.393 e. The molecule has 0 spiro atoms. The van der Waals surface area contributed by atoms with Gasteiger partial charge in [0, 0.05) is 50.9 Å². The predicted molar refractivity (Wildman–Crippen MR) is 193 cm³/mol. The van der Waals surface area contributed by atoms with Crippen LogP contribution in [-0.2, 0) is 16.2 Å². The average Bonchev–Trinajstić information content (AvgIpc) is 3.39. The summed E-state index contributed by atoms with van der Waals surface area (Å²) in [6.07, 6.45) is 1.15. The van der Waals surface area contributed by atoms with Crippen molar-refractivity contribution in [2.75, 3.05) is 39.1 Å². The normalized spacial score (nSPS) is 28.5. The van der Waals surface area contributed by atoms with Crippen molar-refractivity contribution in [1.29, 1.82) is 0 Å². The maximum atomic E-state index is 14.4. The first-order valence-corrected chi connectivity index (χ1v) is 17.9. The third-order valence-electron chi connectivity index (χ3n) is 11.8. The van der Waals surface area contributed by atoms with Gasteiger partial charge in [0.1, 0.15) is 6.04 Å². The van der Waals surface area contributed by atoms with Crippen molar-refractivity contribution in [3.63, 3.8) is 0 Å². The zero-order chi connectivity index (χ0) is 35.1. The van der Waals surface area contributed by atoms with Gasteiger partial charge in [0.2, 0.25) is 5.91 Å². The molecule has 2 aromatic carbocycles. The molecule has 2 amide bonds. The number of carbonyl (C=O) groups is 2. The molecule has 48 heavy (non-hydrogen) atoms. The summed E-state index contributed by atoms with van der Waals surface area (Å²) in [5.41, 5.74) is 5.90. The number of benzene rings is 2. The molecular weight excluding hydrogens is 602 g/mol. The lowest BCUT2D eigenvalue weighted by molar-refractivity contribution is -0.176. The van der Waals surface area contributed by atoms with Crippen LogP contribution < -0.4 is 20.9 Å². The summed E-state index contributed by atoms with van der Waals surface area (Å²) < 4.78 is 0. The molecule has 264 valence electrons. The van der Waals surface area contributed by atoms with Gasteiger partial charge in [-0.2, -0.15) is 5.06 Å². The van der Waals surface area contributed by atoms with Crippen molar-refractivity contribution >= 4 is 17.5 Å². The van der Waals surface area contributed by atoms with Crippen LogP contribution in [0.25, 0.3) is 11.1 Å². The van der Waals surface area contributed by atoms with E-state index in [2.05, 4.69) is 75.7 Å². The van der Waals surface area contributed by atoms with Crippen LogP contribution in [0.1, 0.15) is 75.9 Å². The molecule has 0 radical (unpaired) electrons. The maximum Gasteiger partial charge on any atom is 0.251 e. The molecule has 6 rings (SSSR count). The lowest BCUT2D eigenvalue weighted by Gasteiger charge is -2.62.